The summed E-state index contributed by atoms with van der Waals surface area (Å²) in [6.07, 6.45) is 1.81. The lowest BCUT2D eigenvalue weighted by atomic mass is 10.3. The van der Waals surface area contributed by atoms with Gasteiger partial charge in [-0.05, 0) is 25.1 Å². The van der Waals surface area contributed by atoms with Gasteiger partial charge < -0.3 is 9.88 Å². The number of hydrogen-bond acceptors (Lipinski definition) is 4. The first kappa shape index (κ1) is 12.4. The van der Waals surface area contributed by atoms with Crippen LogP contribution in [0, 0.1) is 11.3 Å². The maximum atomic E-state index is 11.4. The Hall–Kier alpha value is -2.06. The number of pyridine rings is 1. The Morgan fingerprint density at radius 1 is 1.39 bits per heavy atom. The third kappa shape index (κ3) is 2.79. The molecule has 1 N–H and O–H groups in total. The van der Waals surface area contributed by atoms with Gasteiger partial charge in [-0.2, -0.15) is 5.26 Å². The largest absolute Gasteiger partial charge is 0.379 e. The van der Waals surface area contributed by atoms with E-state index >= 15 is 0 Å². The Morgan fingerprint density at radius 3 is 2.89 bits per heavy atom. The molecule has 0 saturated heterocycles. The van der Waals surface area contributed by atoms with Gasteiger partial charge in [0.25, 0.3) is 5.56 Å². The Labute approximate surface area is 109 Å². The van der Waals surface area contributed by atoms with Crippen molar-refractivity contribution in [2.45, 2.75) is 20.0 Å². The van der Waals surface area contributed by atoms with Gasteiger partial charge in [-0.25, -0.2) is 0 Å². The summed E-state index contributed by atoms with van der Waals surface area (Å²) in [6, 6.07) is 9.19. The number of nitrogens with one attached hydrogen (secondary N) is 1. The van der Waals surface area contributed by atoms with Crippen molar-refractivity contribution < 1.29 is 0 Å². The highest BCUT2D eigenvalue weighted by Gasteiger charge is 2.00. The zero-order valence-corrected chi connectivity index (χ0v) is 10.8. The van der Waals surface area contributed by atoms with Crippen LogP contribution in [0.4, 0.5) is 5.69 Å². The molecule has 4 nitrogen and oxygen atoms in total. The molecule has 18 heavy (non-hydrogen) atoms. The fraction of sp³-hybridized carbons (Fsp3) is 0.231. The highest BCUT2D eigenvalue weighted by Crippen LogP contribution is 2.16. The summed E-state index contributed by atoms with van der Waals surface area (Å²) >= 11 is 1.47. The van der Waals surface area contributed by atoms with Crippen LogP contribution in [0.15, 0.2) is 35.3 Å². The second kappa shape index (κ2) is 5.52. The number of aromatic nitrogens is 1. The van der Waals surface area contributed by atoms with Crippen LogP contribution in [-0.2, 0) is 13.1 Å². The molecule has 0 fully saturated rings. The van der Waals surface area contributed by atoms with Crippen LogP contribution >= 0.6 is 11.3 Å². The number of nitriles is 1. The van der Waals surface area contributed by atoms with Gasteiger partial charge in [0.15, 0.2) is 0 Å². The monoisotopic (exact) mass is 259 g/mol. The van der Waals surface area contributed by atoms with Crippen LogP contribution in [0.3, 0.4) is 0 Å². The van der Waals surface area contributed by atoms with Gasteiger partial charge in [-0.15, -0.1) is 11.3 Å². The molecule has 0 radical (unpaired) electrons. The number of rotatable bonds is 4. The molecule has 92 valence electrons. The number of anilines is 1. The van der Waals surface area contributed by atoms with E-state index in [9.17, 15) is 4.79 Å². The summed E-state index contributed by atoms with van der Waals surface area (Å²) in [4.78, 5) is 13.2. The number of aryl methyl sites for hydroxylation is 1. The van der Waals surface area contributed by atoms with Gasteiger partial charge in [-0.3, -0.25) is 4.79 Å². The van der Waals surface area contributed by atoms with E-state index in [-0.39, 0.29) is 5.56 Å². The Balaban J connectivity index is 2.06. The molecule has 0 aliphatic rings. The summed E-state index contributed by atoms with van der Waals surface area (Å²) < 4.78 is 1.65. The maximum Gasteiger partial charge on any atom is 0.250 e. The lowest BCUT2D eigenvalue weighted by molar-refractivity contribution is 0.728. The van der Waals surface area contributed by atoms with Crippen LogP contribution in [0.1, 0.15) is 16.7 Å². The molecule has 0 spiro atoms. The lowest BCUT2D eigenvalue weighted by Gasteiger charge is -2.07. The normalized spacial score (nSPS) is 10.0. The van der Waals surface area contributed by atoms with Crippen molar-refractivity contribution in [2.75, 3.05) is 5.32 Å². The first-order valence-electron chi connectivity index (χ1n) is 5.66. The van der Waals surface area contributed by atoms with Gasteiger partial charge in [0.05, 0.1) is 5.69 Å². The topological polar surface area (TPSA) is 57.8 Å². The van der Waals surface area contributed by atoms with E-state index in [1.807, 2.05) is 19.1 Å². The molecule has 0 aliphatic heterocycles. The van der Waals surface area contributed by atoms with Gasteiger partial charge in [0.2, 0.25) is 0 Å². The summed E-state index contributed by atoms with van der Waals surface area (Å²) in [5.74, 6) is 0. The van der Waals surface area contributed by atoms with Crippen LogP contribution in [-0.4, -0.2) is 4.57 Å². The Kier molecular flexibility index (Phi) is 3.80. The molecule has 2 aromatic rings. The van der Waals surface area contributed by atoms with Crippen molar-refractivity contribution in [3.8, 4) is 6.07 Å². The average molecular weight is 259 g/mol. The molecule has 0 aliphatic carbocycles. The molecular formula is C13H13N3OS. The number of hydrogen-bond donors (Lipinski definition) is 1. The summed E-state index contributed by atoms with van der Waals surface area (Å²) in [7, 11) is 0. The summed E-state index contributed by atoms with van der Waals surface area (Å²) in [6.45, 7) is 3.25. The quantitative estimate of drug-likeness (QED) is 0.917. The molecule has 2 aromatic heterocycles. The van der Waals surface area contributed by atoms with E-state index in [0.29, 0.717) is 18.0 Å². The molecule has 0 bridgehead atoms. The third-order valence-electron chi connectivity index (χ3n) is 2.56. The molecular weight excluding hydrogens is 246 g/mol. The van der Waals surface area contributed by atoms with Gasteiger partial charge >= 0.3 is 0 Å². The Bertz CT molecular complexity index is 636. The number of thiophene rings is 1. The number of nitrogens with zero attached hydrogens (tertiary/aromatic N) is 2. The molecule has 0 amide bonds. The van der Waals surface area contributed by atoms with Gasteiger partial charge in [0, 0.05) is 30.2 Å². The second-order valence-electron chi connectivity index (χ2n) is 3.77. The van der Waals surface area contributed by atoms with Crippen molar-refractivity contribution >= 4 is 17.0 Å². The molecule has 2 heterocycles. The maximum absolute atomic E-state index is 11.4. The van der Waals surface area contributed by atoms with Gasteiger partial charge in [0.1, 0.15) is 10.9 Å². The van der Waals surface area contributed by atoms with Crippen molar-refractivity contribution in [2.24, 2.45) is 0 Å². The smallest absolute Gasteiger partial charge is 0.250 e. The van der Waals surface area contributed by atoms with Gasteiger partial charge in [-0.1, -0.05) is 0 Å². The molecule has 0 atom stereocenters. The van der Waals surface area contributed by atoms with Crippen LogP contribution in [0.5, 0.6) is 0 Å². The van der Waals surface area contributed by atoms with Crippen LogP contribution in [0.2, 0.25) is 0 Å². The van der Waals surface area contributed by atoms with Crippen molar-refractivity contribution in [3.63, 3.8) is 0 Å². The van der Waals surface area contributed by atoms with Crippen molar-refractivity contribution in [1.82, 2.24) is 4.57 Å². The molecule has 2 rings (SSSR count). The zero-order valence-electron chi connectivity index (χ0n) is 10.0. The first-order chi connectivity index (χ1) is 8.72. The highest BCUT2D eigenvalue weighted by atomic mass is 32.1. The minimum absolute atomic E-state index is 0.00550. The summed E-state index contributed by atoms with van der Waals surface area (Å²) in [5, 5.41) is 12.0. The highest BCUT2D eigenvalue weighted by molar-refractivity contribution is 7.12. The summed E-state index contributed by atoms with van der Waals surface area (Å²) in [5.41, 5.74) is 0.911. The average Bonchev–Trinajstić information content (AvgIpc) is 2.86. The van der Waals surface area contributed by atoms with E-state index in [2.05, 4.69) is 11.4 Å². The third-order valence-corrected chi connectivity index (χ3v) is 3.55. The molecule has 0 aromatic carbocycles. The minimum atomic E-state index is 0.00550. The van der Waals surface area contributed by atoms with Crippen molar-refractivity contribution in [1.29, 1.82) is 5.26 Å². The van der Waals surface area contributed by atoms with E-state index in [4.69, 9.17) is 5.26 Å². The molecule has 5 heteroatoms. The predicted octanol–water partition coefficient (Wildman–Crippen LogP) is 2.41. The van der Waals surface area contributed by atoms with E-state index in [0.717, 1.165) is 10.6 Å². The lowest BCUT2D eigenvalue weighted by Crippen LogP contribution is -2.17. The molecule has 0 unspecified atom stereocenters. The minimum Gasteiger partial charge on any atom is -0.379 e. The van der Waals surface area contributed by atoms with Crippen LogP contribution in [0.25, 0.3) is 0 Å². The fourth-order valence-electron chi connectivity index (χ4n) is 1.61. The molecule has 0 saturated carbocycles. The first-order valence-corrected chi connectivity index (χ1v) is 6.47. The van der Waals surface area contributed by atoms with Crippen LogP contribution < -0.4 is 10.9 Å². The van der Waals surface area contributed by atoms with E-state index in [1.165, 1.54) is 11.3 Å². The standard InChI is InChI=1S/C13H13N3OS/c1-2-16-9-10(3-6-13(16)17)15-8-12-5-4-11(7-14)18-12/h3-6,9,15H,2,8H2,1H3. The Morgan fingerprint density at radius 2 is 2.22 bits per heavy atom. The second-order valence-corrected chi connectivity index (χ2v) is 4.94. The van der Waals surface area contributed by atoms with E-state index in [1.54, 1.807) is 22.9 Å². The fourth-order valence-corrected chi connectivity index (χ4v) is 2.35. The zero-order chi connectivity index (χ0) is 13.0. The van der Waals surface area contributed by atoms with Crippen molar-refractivity contribution in [3.05, 3.63) is 50.6 Å². The van der Waals surface area contributed by atoms with E-state index < -0.39 is 0 Å². The SMILES string of the molecule is CCn1cc(NCc2ccc(C#N)s2)ccc1=O. The predicted molar refractivity (Wildman–Crippen MR) is 72.7 cm³/mol.